The smallest absolute Gasteiger partial charge is 0.263 e. The Morgan fingerprint density at radius 2 is 1.85 bits per heavy atom. The summed E-state index contributed by atoms with van der Waals surface area (Å²) < 4.78 is 5.24. The highest BCUT2D eigenvalue weighted by atomic mass is 16.3. The van der Waals surface area contributed by atoms with E-state index in [1.54, 1.807) is 0 Å². The second-order valence-corrected chi connectivity index (χ2v) is 7.58. The van der Waals surface area contributed by atoms with Gasteiger partial charge >= 0.3 is 0 Å². The number of hydrogen-bond acceptors (Lipinski definition) is 4. The molecule has 1 saturated carbocycles. The van der Waals surface area contributed by atoms with Gasteiger partial charge in [-0.3, -0.25) is 9.59 Å². The molecular weight excluding hydrogens is 340 g/mol. The Labute approximate surface area is 160 Å². The van der Waals surface area contributed by atoms with E-state index in [0.29, 0.717) is 25.2 Å². The predicted octanol–water partition coefficient (Wildman–Crippen LogP) is 4.18. The number of hydrogen-bond donors (Lipinski definition) is 1. The number of benzene rings is 1. The molecular formula is C22H28N2O3. The summed E-state index contributed by atoms with van der Waals surface area (Å²) in [5.74, 6) is -1.04. The molecule has 1 aliphatic rings. The van der Waals surface area contributed by atoms with Crippen molar-refractivity contribution < 1.29 is 14.0 Å². The molecule has 1 fully saturated rings. The Bertz CT molecular complexity index is 721. The molecule has 1 aromatic heterocycles. The number of amides is 1. The largest absolute Gasteiger partial charge is 0.442 e. The van der Waals surface area contributed by atoms with Crippen molar-refractivity contribution in [1.82, 2.24) is 4.98 Å². The fourth-order valence-electron chi connectivity index (χ4n) is 4.25. The number of aromatic nitrogens is 1. The van der Waals surface area contributed by atoms with E-state index >= 15 is 0 Å². The van der Waals surface area contributed by atoms with Gasteiger partial charge in [-0.05, 0) is 30.7 Å². The van der Waals surface area contributed by atoms with E-state index in [4.69, 9.17) is 10.2 Å². The summed E-state index contributed by atoms with van der Waals surface area (Å²) in [7, 11) is 0. The van der Waals surface area contributed by atoms with Gasteiger partial charge in [-0.25, -0.2) is 4.98 Å². The van der Waals surface area contributed by atoms with Crippen molar-refractivity contribution in [3.63, 3.8) is 0 Å². The monoisotopic (exact) mass is 368 g/mol. The van der Waals surface area contributed by atoms with Crippen LogP contribution >= 0.6 is 0 Å². The van der Waals surface area contributed by atoms with Crippen LogP contribution in [0.15, 0.2) is 47.2 Å². The van der Waals surface area contributed by atoms with Crippen molar-refractivity contribution in [3.8, 4) is 0 Å². The van der Waals surface area contributed by atoms with Gasteiger partial charge in [0.15, 0.2) is 0 Å². The van der Waals surface area contributed by atoms with Gasteiger partial charge in [0, 0.05) is 11.8 Å². The number of carbonyl (C=O) groups is 2. The Morgan fingerprint density at radius 1 is 1.11 bits per heavy atom. The lowest BCUT2D eigenvalue weighted by Gasteiger charge is -2.29. The molecule has 2 atom stereocenters. The Balaban J connectivity index is 1.78. The van der Waals surface area contributed by atoms with Crippen LogP contribution in [0.3, 0.4) is 0 Å². The van der Waals surface area contributed by atoms with Crippen molar-refractivity contribution in [2.24, 2.45) is 23.5 Å². The number of nitrogens with two attached hydrogens (primary N) is 1. The van der Waals surface area contributed by atoms with E-state index in [-0.39, 0.29) is 11.7 Å². The first kappa shape index (κ1) is 19.3. The molecule has 1 heterocycles. The minimum absolute atomic E-state index is 0.0722. The second-order valence-electron chi connectivity index (χ2n) is 7.58. The molecule has 5 nitrogen and oxygen atoms in total. The van der Waals surface area contributed by atoms with E-state index in [2.05, 4.69) is 4.98 Å². The molecule has 0 radical (unpaired) electrons. The fourth-order valence-corrected chi connectivity index (χ4v) is 4.25. The van der Waals surface area contributed by atoms with Crippen molar-refractivity contribution in [2.75, 3.05) is 0 Å². The van der Waals surface area contributed by atoms with Gasteiger partial charge in [0.2, 0.25) is 11.7 Å². The van der Waals surface area contributed by atoms with E-state index in [0.717, 1.165) is 18.4 Å². The third-order valence-corrected chi connectivity index (χ3v) is 5.73. The molecule has 144 valence electrons. The second kappa shape index (κ2) is 9.49. The maximum Gasteiger partial charge on any atom is 0.263 e. The van der Waals surface area contributed by atoms with Crippen molar-refractivity contribution in [1.29, 1.82) is 0 Å². The summed E-state index contributed by atoms with van der Waals surface area (Å²) >= 11 is 0. The zero-order chi connectivity index (χ0) is 19.1. The van der Waals surface area contributed by atoms with Gasteiger partial charge in [-0.15, -0.1) is 0 Å². The average molecular weight is 368 g/mol. The lowest BCUT2D eigenvalue weighted by Crippen LogP contribution is -2.36. The summed E-state index contributed by atoms with van der Waals surface area (Å²) in [6.07, 6.45) is 10.7. The highest BCUT2D eigenvalue weighted by Crippen LogP contribution is 2.34. The molecule has 1 unspecified atom stereocenters. The van der Waals surface area contributed by atoms with Gasteiger partial charge < -0.3 is 10.2 Å². The molecule has 27 heavy (non-hydrogen) atoms. The normalized spacial score (nSPS) is 17.3. The first-order chi connectivity index (χ1) is 13.1. The molecule has 0 aliphatic heterocycles. The molecule has 1 amide bonds. The predicted molar refractivity (Wildman–Crippen MR) is 103 cm³/mol. The van der Waals surface area contributed by atoms with Crippen LogP contribution in [0.4, 0.5) is 0 Å². The lowest BCUT2D eigenvalue weighted by atomic mass is 9.75. The lowest BCUT2D eigenvalue weighted by molar-refractivity contribution is -0.123. The van der Waals surface area contributed by atoms with Crippen molar-refractivity contribution >= 4 is 11.7 Å². The summed E-state index contributed by atoms with van der Waals surface area (Å²) in [6, 6.07) is 10.00. The van der Waals surface area contributed by atoms with Crippen LogP contribution in [0.1, 0.15) is 61.2 Å². The number of aryl methyl sites for hydroxylation is 1. The molecule has 0 saturated heterocycles. The summed E-state index contributed by atoms with van der Waals surface area (Å²) in [6.45, 7) is 0. The van der Waals surface area contributed by atoms with Gasteiger partial charge in [-0.2, -0.15) is 0 Å². The zero-order valence-corrected chi connectivity index (χ0v) is 15.7. The first-order valence-electron chi connectivity index (χ1n) is 9.92. The number of carbonyl (C=O) groups excluding carboxylic acids is 2. The van der Waals surface area contributed by atoms with Crippen LogP contribution in [-0.2, 0) is 11.2 Å². The number of ketones is 1. The zero-order valence-electron chi connectivity index (χ0n) is 15.7. The highest BCUT2D eigenvalue weighted by molar-refractivity contribution is 5.96. The number of Topliss-reactive ketones (excluding diaryl/α,β-unsaturated/α-hetero) is 1. The molecule has 0 bridgehead atoms. The minimum atomic E-state index is -0.497. The quantitative estimate of drug-likeness (QED) is 0.673. The summed E-state index contributed by atoms with van der Waals surface area (Å²) in [5, 5.41) is 0. The minimum Gasteiger partial charge on any atom is -0.442 e. The Kier molecular flexibility index (Phi) is 6.80. The SMILES string of the molecule is NC(=O)C(CC1CCCCC1)[C@H](CCc1ccccc1)C(=O)c1ncco1. The number of rotatable bonds is 9. The topological polar surface area (TPSA) is 86.2 Å². The maximum atomic E-state index is 13.1. The number of primary amides is 1. The molecule has 1 aromatic carbocycles. The molecule has 2 aromatic rings. The Morgan fingerprint density at radius 3 is 2.48 bits per heavy atom. The van der Waals surface area contributed by atoms with Crippen molar-refractivity contribution in [3.05, 3.63) is 54.2 Å². The molecule has 3 rings (SSSR count). The van der Waals surface area contributed by atoms with E-state index in [9.17, 15) is 9.59 Å². The summed E-state index contributed by atoms with van der Waals surface area (Å²) in [4.78, 5) is 29.4. The van der Waals surface area contributed by atoms with Crippen LogP contribution in [0, 0.1) is 17.8 Å². The first-order valence-corrected chi connectivity index (χ1v) is 9.92. The average Bonchev–Trinajstić information content (AvgIpc) is 3.23. The molecule has 1 aliphatic carbocycles. The van der Waals surface area contributed by atoms with Crippen LogP contribution in [0.2, 0.25) is 0 Å². The van der Waals surface area contributed by atoms with Gasteiger partial charge in [0.1, 0.15) is 6.26 Å². The van der Waals surface area contributed by atoms with Gasteiger partial charge in [0.05, 0.1) is 6.20 Å². The highest BCUT2D eigenvalue weighted by Gasteiger charge is 2.36. The third kappa shape index (κ3) is 5.28. The van der Waals surface area contributed by atoms with Crippen LogP contribution < -0.4 is 5.73 Å². The number of oxazole rings is 1. The maximum absolute atomic E-state index is 13.1. The number of nitrogens with zero attached hydrogens (tertiary/aromatic N) is 1. The van der Waals surface area contributed by atoms with E-state index in [1.807, 2.05) is 30.3 Å². The van der Waals surface area contributed by atoms with Crippen LogP contribution in [-0.4, -0.2) is 16.7 Å². The van der Waals surface area contributed by atoms with Crippen molar-refractivity contribution in [2.45, 2.75) is 51.4 Å². The van der Waals surface area contributed by atoms with Crippen LogP contribution in [0.25, 0.3) is 0 Å². The summed E-state index contributed by atoms with van der Waals surface area (Å²) in [5.41, 5.74) is 6.91. The molecule has 0 spiro atoms. The molecule has 5 heteroatoms. The van der Waals surface area contributed by atoms with Gasteiger partial charge in [0.25, 0.3) is 5.89 Å². The third-order valence-electron chi connectivity index (χ3n) is 5.73. The standard InChI is InChI=1S/C22H28N2O3/c23-21(26)19(15-17-9-5-2-6-10-17)18(20(25)22-24-13-14-27-22)12-11-16-7-3-1-4-8-16/h1,3-4,7-8,13-14,17-19H,2,5-6,9-12,15H2,(H2,23,26)/t18-,19?/m0/s1. The van der Waals surface area contributed by atoms with E-state index < -0.39 is 17.7 Å². The van der Waals surface area contributed by atoms with E-state index in [1.165, 1.54) is 31.7 Å². The van der Waals surface area contributed by atoms with Crippen LogP contribution in [0.5, 0.6) is 0 Å². The fraction of sp³-hybridized carbons (Fsp3) is 0.500. The van der Waals surface area contributed by atoms with Gasteiger partial charge in [-0.1, -0.05) is 62.4 Å². The molecule has 2 N–H and O–H groups in total. The Hall–Kier alpha value is -2.43.